The van der Waals surface area contributed by atoms with Crippen molar-refractivity contribution in [3.63, 3.8) is 0 Å². The Morgan fingerprint density at radius 3 is 2.53 bits per heavy atom. The molecular formula is C14H7ClNO3-. The van der Waals surface area contributed by atoms with E-state index < -0.39 is 11.5 Å². The maximum Gasteiger partial charge on any atom is 0.134 e. The number of halogens is 1. The first-order valence-corrected chi connectivity index (χ1v) is 5.67. The van der Waals surface area contributed by atoms with Gasteiger partial charge in [-0.15, -0.1) is 0 Å². The minimum atomic E-state index is -1.54. The Morgan fingerprint density at radius 1 is 1.26 bits per heavy atom. The summed E-state index contributed by atoms with van der Waals surface area (Å²) in [4.78, 5) is 10.6. The Kier molecular flexibility index (Phi) is 3.69. The molecule has 5 heteroatoms. The number of carbonyl (C=O) groups excluding carboxylic acids is 1. The maximum absolute atomic E-state index is 10.6. The third-order valence-electron chi connectivity index (χ3n) is 2.38. The Balaban J connectivity index is 2.32. The van der Waals surface area contributed by atoms with Crippen LogP contribution < -0.4 is 5.11 Å². The monoisotopic (exact) mass is 272 g/mol. The molecule has 0 unspecified atom stereocenters. The first-order valence-electron chi connectivity index (χ1n) is 5.29. The lowest BCUT2D eigenvalue weighted by molar-refractivity contribution is -0.298. The van der Waals surface area contributed by atoms with Crippen LogP contribution in [0.25, 0.3) is 17.4 Å². The molecule has 2 rings (SSSR count). The van der Waals surface area contributed by atoms with E-state index in [1.807, 2.05) is 0 Å². The van der Waals surface area contributed by atoms with E-state index in [1.54, 1.807) is 36.4 Å². The quantitative estimate of drug-likeness (QED) is 0.634. The Hall–Kier alpha value is -2.51. The smallest absolute Gasteiger partial charge is 0.134 e. The molecule has 0 saturated heterocycles. The average molecular weight is 273 g/mol. The third kappa shape index (κ3) is 3.03. The number of carboxylic acid groups (broad SMARTS) is 1. The second kappa shape index (κ2) is 5.42. The molecular weight excluding hydrogens is 266 g/mol. The van der Waals surface area contributed by atoms with Gasteiger partial charge in [0, 0.05) is 16.7 Å². The van der Waals surface area contributed by atoms with Crippen LogP contribution in [0.1, 0.15) is 5.76 Å². The number of rotatable bonds is 3. The van der Waals surface area contributed by atoms with E-state index in [-0.39, 0.29) is 5.76 Å². The van der Waals surface area contributed by atoms with E-state index in [0.29, 0.717) is 10.8 Å². The number of carbonyl (C=O) groups is 1. The molecule has 0 N–H and O–H groups in total. The molecule has 0 spiro atoms. The van der Waals surface area contributed by atoms with Gasteiger partial charge in [-0.2, -0.15) is 5.26 Å². The zero-order chi connectivity index (χ0) is 13.8. The van der Waals surface area contributed by atoms with Crippen LogP contribution in [0.4, 0.5) is 0 Å². The highest BCUT2D eigenvalue weighted by Crippen LogP contribution is 2.24. The van der Waals surface area contributed by atoms with Crippen molar-refractivity contribution in [3.8, 4) is 17.4 Å². The van der Waals surface area contributed by atoms with E-state index >= 15 is 0 Å². The van der Waals surface area contributed by atoms with Crippen LogP contribution in [0, 0.1) is 11.3 Å². The molecule has 0 aliphatic carbocycles. The van der Waals surface area contributed by atoms with Gasteiger partial charge in [0.05, 0.1) is 11.5 Å². The summed E-state index contributed by atoms with van der Waals surface area (Å²) in [6, 6.07) is 11.8. The van der Waals surface area contributed by atoms with Crippen molar-refractivity contribution in [2.45, 2.75) is 0 Å². The van der Waals surface area contributed by atoms with E-state index in [2.05, 4.69) is 0 Å². The van der Waals surface area contributed by atoms with Gasteiger partial charge in [-0.1, -0.05) is 11.6 Å². The van der Waals surface area contributed by atoms with Crippen molar-refractivity contribution in [3.05, 3.63) is 52.8 Å². The highest BCUT2D eigenvalue weighted by atomic mass is 35.5. The van der Waals surface area contributed by atoms with Gasteiger partial charge in [0.2, 0.25) is 0 Å². The summed E-state index contributed by atoms with van der Waals surface area (Å²) in [5.41, 5.74) is 0.313. The largest absolute Gasteiger partial charge is 0.544 e. The number of carboxylic acids is 1. The number of hydrogen-bond acceptors (Lipinski definition) is 4. The van der Waals surface area contributed by atoms with Crippen LogP contribution in [-0.2, 0) is 4.79 Å². The predicted octanol–water partition coefficient (Wildman–Crippen LogP) is 2.26. The minimum Gasteiger partial charge on any atom is -0.544 e. The van der Waals surface area contributed by atoms with Crippen molar-refractivity contribution in [1.29, 1.82) is 5.26 Å². The summed E-state index contributed by atoms with van der Waals surface area (Å²) in [7, 11) is 0. The maximum atomic E-state index is 10.6. The van der Waals surface area contributed by atoms with Crippen molar-refractivity contribution in [2.75, 3.05) is 0 Å². The summed E-state index contributed by atoms with van der Waals surface area (Å²) in [6.45, 7) is 0. The minimum absolute atomic E-state index is 0.269. The summed E-state index contributed by atoms with van der Waals surface area (Å²) in [5, 5.41) is 19.8. The fourth-order valence-corrected chi connectivity index (χ4v) is 1.60. The fourth-order valence-electron chi connectivity index (χ4n) is 1.48. The first kappa shape index (κ1) is 12.9. The molecule has 0 aliphatic rings. The van der Waals surface area contributed by atoms with Gasteiger partial charge in [-0.25, -0.2) is 0 Å². The standard InChI is InChI=1S/C14H8ClNO3/c15-11-3-1-9(2-4-11)13-6-5-12(19-13)7-10(8-16)14(17)18/h1-7H,(H,17,18)/p-1/b10-7-. The zero-order valence-corrected chi connectivity index (χ0v) is 10.3. The average Bonchev–Trinajstić information content (AvgIpc) is 2.85. The molecule has 4 nitrogen and oxygen atoms in total. The second-order valence-electron chi connectivity index (χ2n) is 3.67. The normalized spacial score (nSPS) is 11.1. The second-order valence-corrected chi connectivity index (χ2v) is 4.10. The molecule has 0 bridgehead atoms. The van der Waals surface area contributed by atoms with Crippen LogP contribution in [0.15, 0.2) is 46.4 Å². The summed E-state index contributed by atoms with van der Waals surface area (Å²) in [5.74, 6) is -0.712. The molecule has 1 aromatic carbocycles. The third-order valence-corrected chi connectivity index (χ3v) is 2.63. The molecule has 2 aromatic rings. The van der Waals surface area contributed by atoms with Crippen LogP contribution in [0.3, 0.4) is 0 Å². The van der Waals surface area contributed by atoms with E-state index in [4.69, 9.17) is 21.3 Å². The van der Waals surface area contributed by atoms with Crippen molar-refractivity contribution < 1.29 is 14.3 Å². The number of nitriles is 1. The molecule has 1 heterocycles. The van der Waals surface area contributed by atoms with Crippen molar-refractivity contribution in [1.82, 2.24) is 0 Å². The summed E-state index contributed by atoms with van der Waals surface area (Å²) >= 11 is 5.78. The van der Waals surface area contributed by atoms with Crippen LogP contribution in [0.2, 0.25) is 5.02 Å². The topological polar surface area (TPSA) is 77.1 Å². The summed E-state index contributed by atoms with van der Waals surface area (Å²) < 4.78 is 5.43. The Morgan fingerprint density at radius 2 is 1.95 bits per heavy atom. The number of furan rings is 1. The highest BCUT2D eigenvalue weighted by Gasteiger charge is 2.05. The van der Waals surface area contributed by atoms with Crippen LogP contribution >= 0.6 is 11.6 Å². The van der Waals surface area contributed by atoms with E-state index in [1.165, 1.54) is 6.07 Å². The van der Waals surface area contributed by atoms with Gasteiger partial charge in [0.15, 0.2) is 0 Å². The molecule has 0 saturated carbocycles. The van der Waals surface area contributed by atoms with E-state index in [9.17, 15) is 9.90 Å². The van der Waals surface area contributed by atoms with Gasteiger partial charge >= 0.3 is 0 Å². The fraction of sp³-hybridized carbons (Fsp3) is 0. The number of hydrogen-bond donors (Lipinski definition) is 0. The molecule has 0 amide bonds. The molecule has 0 aliphatic heterocycles. The number of nitrogens with zero attached hydrogens (tertiary/aromatic N) is 1. The first-order chi connectivity index (χ1) is 9.10. The molecule has 19 heavy (non-hydrogen) atoms. The van der Waals surface area contributed by atoms with Gasteiger partial charge in [0.25, 0.3) is 0 Å². The Labute approximate surface area is 114 Å². The number of aliphatic carboxylic acids is 1. The molecule has 94 valence electrons. The highest BCUT2D eigenvalue weighted by molar-refractivity contribution is 6.30. The lowest BCUT2D eigenvalue weighted by Crippen LogP contribution is -2.23. The summed E-state index contributed by atoms with van der Waals surface area (Å²) in [6.07, 6.45) is 1.12. The molecule has 0 atom stereocenters. The molecule has 1 aromatic heterocycles. The van der Waals surface area contributed by atoms with Gasteiger partial charge < -0.3 is 14.3 Å². The molecule has 0 fully saturated rings. The zero-order valence-electron chi connectivity index (χ0n) is 9.59. The van der Waals surface area contributed by atoms with Crippen molar-refractivity contribution >= 4 is 23.6 Å². The lowest BCUT2D eigenvalue weighted by atomic mass is 10.2. The van der Waals surface area contributed by atoms with E-state index in [0.717, 1.165) is 11.6 Å². The van der Waals surface area contributed by atoms with Gasteiger partial charge in [-0.05, 0) is 36.4 Å². The Bertz CT molecular complexity index is 677. The lowest BCUT2D eigenvalue weighted by Gasteiger charge is -1.98. The van der Waals surface area contributed by atoms with Crippen molar-refractivity contribution in [2.24, 2.45) is 0 Å². The molecule has 0 radical (unpaired) electrons. The predicted molar refractivity (Wildman–Crippen MR) is 67.8 cm³/mol. The van der Waals surface area contributed by atoms with Gasteiger partial charge in [0.1, 0.15) is 17.6 Å². The van der Waals surface area contributed by atoms with Crippen LogP contribution in [-0.4, -0.2) is 5.97 Å². The number of benzene rings is 1. The SMILES string of the molecule is N#C/C(=C/c1ccc(-c2ccc(Cl)cc2)o1)C(=O)[O-]. The van der Waals surface area contributed by atoms with Gasteiger partial charge in [-0.3, -0.25) is 0 Å². The van der Waals surface area contributed by atoms with Crippen LogP contribution in [0.5, 0.6) is 0 Å².